The number of nitrogens with zero attached hydrogens (tertiary/aromatic N) is 2. The van der Waals surface area contributed by atoms with E-state index in [0.29, 0.717) is 5.41 Å². The lowest BCUT2D eigenvalue weighted by molar-refractivity contribution is 0.112. The topological polar surface area (TPSA) is 33.2 Å². The SMILES string of the molecule is Cc1nc(N2CCC(C)(C)C2)sc1C=O. The first-order valence-electron chi connectivity index (χ1n) is 5.19. The summed E-state index contributed by atoms with van der Waals surface area (Å²) in [5.74, 6) is 0. The molecule has 3 nitrogen and oxygen atoms in total. The average molecular weight is 224 g/mol. The lowest BCUT2D eigenvalue weighted by Crippen LogP contribution is -2.22. The van der Waals surface area contributed by atoms with Crippen LogP contribution in [0.3, 0.4) is 0 Å². The zero-order valence-electron chi connectivity index (χ0n) is 9.41. The third-order valence-corrected chi connectivity index (χ3v) is 4.02. The third kappa shape index (κ3) is 2.04. The van der Waals surface area contributed by atoms with E-state index in [0.717, 1.165) is 35.1 Å². The van der Waals surface area contributed by atoms with Gasteiger partial charge in [-0.05, 0) is 18.8 Å². The van der Waals surface area contributed by atoms with Gasteiger partial charge in [0.15, 0.2) is 11.4 Å². The van der Waals surface area contributed by atoms with E-state index in [1.807, 2.05) is 6.92 Å². The first-order valence-corrected chi connectivity index (χ1v) is 6.01. The van der Waals surface area contributed by atoms with Crippen LogP contribution in [0.4, 0.5) is 5.13 Å². The van der Waals surface area contributed by atoms with Gasteiger partial charge in [-0.3, -0.25) is 4.79 Å². The molecule has 2 heterocycles. The summed E-state index contributed by atoms with van der Waals surface area (Å²) >= 11 is 1.50. The highest BCUT2D eigenvalue weighted by molar-refractivity contribution is 7.17. The van der Waals surface area contributed by atoms with Crippen molar-refractivity contribution in [2.45, 2.75) is 27.2 Å². The van der Waals surface area contributed by atoms with Gasteiger partial charge in [-0.1, -0.05) is 25.2 Å². The van der Waals surface area contributed by atoms with E-state index in [1.165, 1.54) is 17.8 Å². The standard InChI is InChI=1S/C11H16N2OS/c1-8-9(6-14)15-10(12-8)13-5-4-11(2,3)7-13/h6H,4-5,7H2,1-3H3. The minimum absolute atomic E-state index is 0.376. The number of aromatic nitrogens is 1. The van der Waals surface area contributed by atoms with E-state index in [9.17, 15) is 4.79 Å². The fourth-order valence-electron chi connectivity index (χ4n) is 1.91. The molecule has 0 N–H and O–H groups in total. The Bertz CT molecular complexity index is 384. The molecule has 0 unspecified atom stereocenters. The van der Waals surface area contributed by atoms with Crippen LogP contribution < -0.4 is 4.90 Å². The smallest absolute Gasteiger partial charge is 0.186 e. The van der Waals surface area contributed by atoms with Crippen LogP contribution in [0.2, 0.25) is 0 Å². The highest BCUT2D eigenvalue weighted by Gasteiger charge is 2.30. The molecule has 15 heavy (non-hydrogen) atoms. The van der Waals surface area contributed by atoms with Crippen molar-refractivity contribution in [3.05, 3.63) is 10.6 Å². The van der Waals surface area contributed by atoms with Crippen LogP contribution in [0, 0.1) is 12.3 Å². The number of carbonyl (C=O) groups excluding carboxylic acids is 1. The summed E-state index contributed by atoms with van der Waals surface area (Å²) in [4.78, 5) is 18.2. The van der Waals surface area contributed by atoms with Crippen molar-refractivity contribution in [3.8, 4) is 0 Å². The number of hydrogen-bond acceptors (Lipinski definition) is 4. The highest BCUT2D eigenvalue weighted by Crippen LogP contribution is 2.34. The van der Waals surface area contributed by atoms with Gasteiger partial charge in [-0.15, -0.1) is 0 Å². The van der Waals surface area contributed by atoms with Gasteiger partial charge in [-0.2, -0.15) is 0 Å². The molecule has 0 aliphatic carbocycles. The lowest BCUT2D eigenvalue weighted by Gasteiger charge is -2.18. The van der Waals surface area contributed by atoms with Gasteiger partial charge in [0.25, 0.3) is 0 Å². The molecule has 1 aliphatic rings. The molecule has 0 bridgehead atoms. The average Bonchev–Trinajstić information content (AvgIpc) is 2.69. The van der Waals surface area contributed by atoms with E-state index >= 15 is 0 Å². The van der Waals surface area contributed by atoms with E-state index < -0.39 is 0 Å². The maximum absolute atomic E-state index is 10.7. The van der Waals surface area contributed by atoms with Crippen molar-refractivity contribution < 1.29 is 4.79 Å². The molecule has 82 valence electrons. The fraction of sp³-hybridized carbons (Fsp3) is 0.636. The number of hydrogen-bond donors (Lipinski definition) is 0. The zero-order valence-corrected chi connectivity index (χ0v) is 10.2. The van der Waals surface area contributed by atoms with Gasteiger partial charge in [-0.25, -0.2) is 4.98 Å². The molecule has 4 heteroatoms. The largest absolute Gasteiger partial charge is 0.348 e. The molecule has 0 aromatic carbocycles. The second kappa shape index (κ2) is 3.59. The first-order chi connectivity index (χ1) is 7.02. The summed E-state index contributed by atoms with van der Waals surface area (Å²) in [5, 5.41) is 1.00. The van der Waals surface area contributed by atoms with E-state index in [4.69, 9.17) is 0 Å². The molecule has 1 fully saturated rings. The van der Waals surface area contributed by atoms with Crippen LogP contribution in [0.5, 0.6) is 0 Å². The molecule has 2 rings (SSSR count). The van der Waals surface area contributed by atoms with Gasteiger partial charge in [0, 0.05) is 13.1 Å². The molecule has 1 aliphatic heterocycles. The second-order valence-corrected chi connectivity index (χ2v) is 5.91. The van der Waals surface area contributed by atoms with E-state index in [-0.39, 0.29) is 0 Å². The van der Waals surface area contributed by atoms with Crippen molar-refractivity contribution in [2.24, 2.45) is 5.41 Å². The van der Waals surface area contributed by atoms with Gasteiger partial charge in [0.2, 0.25) is 0 Å². The van der Waals surface area contributed by atoms with Crippen molar-refractivity contribution in [1.82, 2.24) is 4.98 Å². The normalized spacial score (nSPS) is 19.5. The summed E-state index contributed by atoms with van der Waals surface area (Å²) < 4.78 is 0. The van der Waals surface area contributed by atoms with Crippen LogP contribution >= 0.6 is 11.3 Å². The maximum atomic E-state index is 10.7. The van der Waals surface area contributed by atoms with Crippen molar-refractivity contribution >= 4 is 22.8 Å². The Morgan fingerprint density at radius 1 is 1.53 bits per heavy atom. The van der Waals surface area contributed by atoms with Gasteiger partial charge in [0.05, 0.1) is 10.6 Å². The quantitative estimate of drug-likeness (QED) is 0.724. The minimum atomic E-state index is 0.376. The van der Waals surface area contributed by atoms with Crippen LogP contribution in [-0.2, 0) is 0 Å². The van der Waals surface area contributed by atoms with Gasteiger partial charge in [0.1, 0.15) is 0 Å². The Hall–Kier alpha value is -0.900. The van der Waals surface area contributed by atoms with Crippen LogP contribution in [0.15, 0.2) is 0 Å². The molecule has 0 atom stereocenters. The van der Waals surface area contributed by atoms with Gasteiger partial charge >= 0.3 is 0 Å². The Labute approximate surface area is 94.1 Å². The van der Waals surface area contributed by atoms with Gasteiger partial charge < -0.3 is 4.90 Å². The molecular formula is C11H16N2OS. The second-order valence-electron chi connectivity index (χ2n) is 4.90. The molecule has 0 amide bonds. The molecule has 1 aromatic heterocycles. The molecular weight excluding hydrogens is 208 g/mol. The number of aryl methyl sites for hydroxylation is 1. The monoisotopic (exact) mass is 224 g/mol. The fourth-order valence-corrected chi connectivity index (χ4v) is 2.82. The van der Waals surface area contributed by atoms with Crippen LogP contribution in [0.25, 0.3) is 0 Å². The van der Waals surface area contributed by atoms with Crippen molar-refractivity contribution in [3.63, 3.8) is 0 Å². The van der Waals surface area contributed by atoms with Crippen molar-refractivity contribution in [2.75, 3.05) is 18.0 Å². The molecule has 1 saturated heterocycles. The number of anilines is 1. The molecule has 0 spiro atoms. The summed E-state index contributed by atoms with van der Waals surface area (Å²) in [6.45, 7) is 8.53. The highest BCUT2D eigenvalue weighted by atomic mass is 32.1. The lowest BCUT2D eigenvalue weighted by atomic mass is 9.93. The van der Waals surface area contributed by atoms with Crippen LogP contribution in [0.1, 0.15) is 35.6 Å². The third-order valence-electron chi connectivity index (χ3n) is 2.88. The summed E-state index contributed by atoms with van der Waals surface area (Å²) in [6, 6.07) is 0. The Morgan fingerprint density at radius 2 is 2.27 bits per heavy atom. The molecule has 0 radical (unpaired) electrons. The Kier molecular flexibility index (Phi) is 2.54. The zero-order chi connectivity index (χ0) is 11.1. The number of carbonyl (C=O) groups is 1. The minimum Gasteiger partial charge on any atom is -0.348 e. The molecule has 0 saturated carbocycles. The number of rotatable bonds is 2. The van der Waals surface area contributed by atoms with E-state index in [2.05, 4.69) is 23.7 Å². The Morgan fingerprint density at radius 3 is 2.73 bits per heavy atom. The van der Waals surface area contributed by atoms with E-state index in [1.54, 1.807) is 0 Å². The van der Waals surface area contributed by atoms with Crippen molar-refractivity contribution in [1.29, 1.82) is 0 Å². The van der Waals surface area contributed by atoms with Crippen LogP contribution in [-0.4, -0.2) is 24.4 Å². The predicted octanol–water partition coefficient (Wildman–Crippen LogP) is 2.50. The number of thiazole rings is 1. The summed E-state index contributed by atoms with van der Waals surface area (Å²) in [5.41, 5.74) is 1.23. The summed E-state index contributed by atoms with van der Waals surface area (Å²) in [7, 11) is 0. The first kappa shape index (κ1) is 10.6. The number of aldehydes is 1. The summed E-state index contributed by atoms with van der Waals surface area (Å²) in [6.07, 6.45) is 2.10. The molecule has 1 aromatic rings. The Balaban J connectivity index is 2.20. The predicted molar refractivity (Wildman–Crippen MR) is 62.8 cm³/mol. The maximum Gasteiger partial charge on any atom is 0.186 e.